The maximum atomic E-state index is 6.84. The molecule has 11 atom stereocenters. The van der Waals surface area contributed by atoms with Crippen molar-refractivity contribution < 1.29 is 37.9 Å². The fraction of sp³-hybridized carbons (Fsp3) is 0.647. The van der Waals surface area contributed by atoms with E-state index in [9.17, 15) is 0 Å². The summed E-state index contributed by atoms with van der Waals surface area (Å²) < 4.78 is 50.0. The molecule has 5 unspecified atom stereocenters. The van der Waals surface area contributed by atoms with Gasteiger partial charge < -0.3 is 33.2 Å². The molecule has 3 saturated heterocycles. The zero-order valence-electron chi connectivity index (χ0n) is 26.4. The van der Waals surface area contributed by atoms with Crippen LogP contribution in [0.5, 0.6) is 0 Å². The van der Waals surface area contributed by atoms with E-state index in [2.05, 4.69) is 45.0 Å². The fourth-order valence-corrected chi connectivity index (χ4v) is 5.71. The second-order valence-electron chi connectivity index (χ2n) is 11.5. The molecule has 42 heavy (non-hydrogen) atoms. The Morgan fingerprint density at radius 2 is 1.36 bits per heavy atom. The standard InChI is InChI=1S/C32H44O8.C2H6/c1-20-21(2)28(35-18-25-15-11-8-12-16-25)30(37-26(20)19-34-17-24-13-9-7-10-14-24)38-27-22(3)23(4)36-31-29(27)39-32(5,33-6)40-31;1-2/h7-16,20-23,26-31H,17-19H2,1-6H3;1-2H3/t20-,21?,22-,23?,26-,27-,28?,29?,30+,31+,32?;/m0./s1. The van der Waals surface area contributed by atoms with E-state index in [0.29, 0.717) is 19.8 Å². The van der Waals surface area contributed by atoms with Crippen molar-refractivity contribution in [1.82, 2.24) is 0 Å². The van der Waals surface area contributed by atoms with Crippen molar-refractivity contribution in [3.63, 3.8) is 0 Å². The monoisotopic (exact) mass is 586 g/mol. The topological polar surface area (TPSA) is 73.8 Å². The summed E-state index contributed by atoms with van der Waals surface area (Å²) in [7, 11) is 1.56. The summed E-state index contributed by atoms with van der Waals surface area (Å²) in [5, 5.41) is 0. The van der Waals surface area contributed by atoms with Crippen LogP contribution < -0.4 is 0 Å². The average molecular weight is 587 g/mol. The van der Waals surface area contributed by atoms with Gasteiger partial charge in [-0.2, -0.15) is 0 Å². The molecule has 2 aromatic rings. The van der Waals surface area contributed by atoms with Crippen molar-refractivity contribution in [1.29, 1.82) is 0 Å². The highest BCUT2D eigenvalue weighted by Crippen LogP contribution is 2.42. The van der Waals surface area contributed by atoms with Gasteiger partial charge in [0.15, 0.2) is 12.6 Å². The predicted molar refractivity (Wildman–Crippen MR) is 159 cm³/mol. The lowest BCUT2D eigenvalue weighted by Crippen LogP contribution is -2.58. The van der Waals surface area contributed by atoms with E-state index in [1.54, 1.807) is 14.0 Å². The van der Waals surface area contributed by atoms with Crippen LogP contribution in [0.3, 0.4) is 0 Å². The van der Waals surface area contributed by atoms with Gasteiger partial charge in [-0.3, -0.25) is 4.74 Å². The first-order valence-electron chi connectivity index (χ1n) is 15.4. The Balaban J connectivity index is 0.00000198. The van der Waals surface area contributed by atoms with Crippen LogP contribution in [0.25, 0.3) is 0 Å². The number of rotatable bonds is 10. The number of hydrogen-bond donors (Lipinski definition) is 0. The lowest BCUT2D eigenvalue weighted by atomic mass is 9.83. The molecule has 8 nitrogen and oxygen atoms in total. The summed E-state index contributed by atoms with van der Waals surface area (Å²) in [6.07, 6.45) is -2.62. The van der Waals surface area contributed by atoms with Crippen LogP contribution in [0.2, 0.25) is 0 Å². The van der Waals surface area contributed by atoms with Gasteiger partial charge in [-0.05, 0) is 29.9 Å². The maximum Gasteiger partial charge on any atom is 0.282 e. The van der Waals surface area contributed by atoms with Crippen LogP contribution in [-0.4, -0.2) is 62.8 Å². The largest absolute Gasteiger partial charge is 0.374 e. The van der Waals surface area contributed by atoms with Crippen molar-refractivity contribution in [2.45, 2.75) is 111 Å². The normalized spacial score (nSPS) is 37.9. The molecule has 0 radical (unpaired) electrons. The first kappa shape index (κ1) is 33.0. The smallest absolute Gasteiger partial charge is 0.282 e. The summed E-state index contributed by atoms with van der Waals surface area (Å²) in [4.78, 5) is 0. The van der Waals surface area contributed by atoms with Crippen molar-refractivity contribution in [3.05, 3.63) is 71.8 Å². The van der Waals surface area contributed by atoms with Crippen LogP contribution >= 0.6 is 0 Å². The van der Waals surface area contributed by atoms with E-state index < -0.39 is 24.7 Å². The highest BCUT2D eigenvalue weighted by Gasteiger charge is 2.56. The fourth-order valence-electron chi connectivity index (χ4n) is 5.71. The van der Waals surface area contributed by atoms with Crippen LogP contribution in [0.4, 0.5) is 0 Å². The number of hydrogen-bond acceptors (Lipinski definition) is 8. The Bertz CT molecular complexity index is 1050. The molecule has 5 rings (SSSR count). The van der Waals surface area contributed by atoms with E-state index in [4.69, 9.17) is 37.9 Å². The van der Waals surface area contributed by atoms with Gasteiger partial charge >= 0.3 is 0 Å². The summed E-state index contributed by atoms with van der Waals surface area (Å²) in [6.45, 7) is 15.7. The van der Waals surface area contributed by atoms with Crippen molar-refractivity contribution in [2.75, 3.05) is 13.7 Å². The molecule has 0 spiro atoms. The maximum absolute atomic E-state index is 6.84. The van der Waals surface area contributed by atoms with Gasteiger partial charge in [0, 0.05) is 20.0 Å². The first-order chi connectivity index (χ1) is 20.3. The summed E-state index contributed by atoms with van der Waals surface area (Å²) in [6, 6.07) is 20.3. The summed E-state index contributed by atoms with van der Waals surface area (Å²) in [5.41, 5.74) is 2.23. The van der Waals surface area contributed by atoms with Gasteiger partial charge in [-0.1, -0.05) is 95.3 Å². The van der Waals surface area contributed by atoms with Gasteiger partial charge in [-0.15, -0.1) is 0 Å². The number of ether oxygens (including phenoxy) is 8. The zero-order valence-corrected chi connectivity index (χ0v) is 26.4. The SMILES string of the molecule is CC.COC1(C)OC2[C@H](OC(C)[C@H](C)[C@@H]2O[C@H]2O[C@@H](COCc3ccccc3)[C@@H](C)C(C)C2OCc2ccccc2)O1. The van der Waals surface area contributed by atoms with E-state index in [1.165, 1.54) is 0 Å². The molecule has 2 aromatic carbocycles. The van der Waals surface area contributed by atoms with Crippen LogP contribution in [0.15, 0.2) is 60.7 Å². The third-order valence-electron chi connectivity index (χ3n) is 8.73. The number of benzene rings is 2. The lowest BCUT2D eigenvalue weighted by Gasteiger charge is -2.47. The Hall–Kier alpha value is -1.88. The van der Waals surface area contributed by atoms with E-state index >= 15 is 0 Å². The molecule has 0 amide bonds. The molecule has 3 aliphatic heterocycles. The van der Waals surface area contributed by atoms with Gasteiger partial charge in [-0.25, -0.2) is 0 Å². The van der Waals surface area contributed by atoms with Crippen LogP contribution in [-0.2, 0) is 51.1 Å². The molecular weight excluding hydrogens is 536 g/mol. The predicted octanol–water partition coefficient (Wildman–Crippen LogP) is 6.31. The Kier molecular flexibility index (Phi) is 12.0. The van der Waals surface area contributed by atoms with Gasteiger partial charge in [0.05, 0.1) is 38.1 Å². The lowest BCUT2D eigenvalue weighted by molar-refractivity contribution is -0.336. The molecule has 3 aliphatic rings. The van der Waals surface area contributed by atoms with Crippen LogP contribution in [0, 0.1) is 17.8 Å². The molecule has 3 fully saturated rings. The van der Waals surface area contributed by atoms with Gasteiger partial charge in [0.2, 0.25) is 0 Å². The van der Waals surface area contributed by atoms with Crippen molar-refractivity contribution in [3.8, 4) is 0 Å². The molecule has 8 heteroatoms. The highest BCUT2D eigenvalue weighted by atomic mass is 16.9. The molecule has 0 bridgehead atoms. The van der Waals surface area contributed by atoms with E-state index in [-0.39, 0.29) is 42.2 Å². The van der Waals surface area contributed by atoms with Gasteiger partial charge in [0.1, 0.15) is 12.2 Å². The minimum Gasteiger partial charge on any atom is -0.374 e. The van der Waals surface area contributed by atoms with Crippen molar-refractivity contribution in [2.24, 2.45) is 17.8 Å². The molecule has 0 aromatic heterocycles. The second kappa shape index (κ2) is 15.2. The third-order valence-corrected chi connectivity index (χ3v) is 8.73. The highest BCUT2D eigenvalue weighted by molar-refractivity contribution is 5.14. The number of fused-ring (bicyclic) bond motifs is 1. The molecule has 0 N–H and O–H groups in total. The van der Waals surface area contributed by atoms with Crippen LogP contribution in [0.1, 0.15) is 59.6 Å². The zero-order chi connectivity index (χ0) is 30.3. The average Bonchev–Trinajstić information content (AvgIpc) is 3.36. The summed E-state index contributed by atoms with van der Waals surface area (Å²) in [5.74, 6) is -0.837. The first-order valence-corrected chi connectivity index (χ1v) is 15.4. The van der Waals surface area contributed by atoms with Crippen molar-refractivity contribution >= 4 is 0 Å². The molecule has 0 saturated carbocycles. The molecule has 0 aliphatic carbocycles. The summed E-state index contributed by atoms with van der Waals surface area (Å²) >= 11 is 0. The molecule has 234 valence electrons. The minimum absolute atomic E-state index is 0.0184. The van der Waals surface area contributed by atoms with E-state index in [1.807, 2.05) is 57.2 Å². The third kappa shape index (κ3) is 7.79. The Morgan fingerprint density at radius 1 is 0.738 bits per heavy atom. The number of methoxy groups -OCH3 is 1. The van der Waals surface area contributed by atoms with E-state index in [0.717, 1.165) is 11.1 Å². The Morgan fingerprint density at radius 3 is 1.98 bits per heavy atom. The minimum atomic E-state index is -1.20. The molecular formula is C34H50O8. The molecule has 3 heterocycles. The Labute approximate surface area is 251 Å². The van der Waals surface area contributed by atoms with Gasteiger partial charge in [0.25, 0.3) is 5.97 Å². The quantitative estimate of drug-likeness (QED) is 0.321. The second-order valence-corrected chi connectivity index (χ2v) is 11.5.